The number of nitrogens with zero attached hydrogens (tertiary/aromatic N) is 3. The minimum absolute atomic E-state index is 0.173. The van der Waals surface area contributed by atoms with E-state index in [1.165, 1.54) is 293 Å². The van der Waals surface area contributed by atoms with E-state index in [1.54, 1.807) is 0 Å². The number of rotatable bonds is 39. The predicted molar refractivity (Wildman–Crippen MR) is 392 cm³/mol. The predicted octanol–water partition coefficient (Wildman–Crippen LogP) is 21.9. The SMILES string of the molecule is CCCCCCCCCCCCc1ccc(N2B(c3c(C)cc(C)cc3C)N(c3ccc(CCCCCCCCCCCC)cc3)B(c3c(C)cc(C)cc3C)N(c3ccc(CCCCCCCCCCCC)cc3)B2c2c(C)cc(C)cc2C)cc1. The maximum absolute atomic E-state index is 2.88. The zero-order valence-electron chi connectivity index (χ0n) is 57.8. The molecule has 0 radical (unpaired) electrons. The Balaban J connectivity index is 1.36. The van der Waals surface area contributed by atoms with Crippen LogP contribution in [0.5, 0.6) is 0 Å². The molecule has 0 atom stereocenters. The molecule has 6 aromatic carbocycles. The number of benzene rings is 6. The summed E-state index contributed by atoms with van der Waals surface area (Å²) in [6.45, 7) is 27.7. The van der Waals surface area contributed by atoms with Gasteiger partial charge in [0.1, 0.15) is 0 Å². The molecule has 1 heterocycles. The first-order valence-electron chi connectivity index (χ1n) is 36.2. The first kappa shape index (κ1) is 69.4. The summed E-state index contributed by atoms with van der Waals surface area (Å²) in [6.07, 6.45) is 44.2. The lowest BCUT2D eigenvalue weighted by Gasteiger charge is -2.58. The van der Waals surface area contributed by atoms with Crippen LogP contribution in [0.4, 0.5) is 17.1 Å². The molecule has 0 aromatic heterocycles. The van der Waals surface area contributed by atoms with E-state index in [4.69, 9.17) is 0 Å². The number of hydrogen-bond acceptors (Lipinski definition) is 3. The molecular weight excluding hydrogens is 1050 g/mol. The topological polar surface area (TPSA) is 9.72 Å². The second-order valence-corrected chi connectivity index (χ2v) is 27.6. The van der Waals surface area contributed by atoms with Gasteiger partial charge in [-0.25, -0.2) is 0 Å². The largest absolute Gasteiger partial charge is 0.416 e. The highest BCUT2D eigenvalue weighted by Gasteiger charge is 2.57. The molecule has 0 spiro atoms. The Morgan fingerprint density at radius 2 is 0.402 bits per heavy atom. The van der Waals surface area contributed by atoms with Crippen molar-refractivity contribution in [1.29, 1.82) is 0 Å². The minimum Gasteiger partial charge on any atom is -0.416 e. The normalized spacial score (nSPS) is 12.8. The molecule has 0 N–H and O–H groups in total. The number of hydrogen-bond donors (Lipinski definition) is 0. The Morgan fingerprint density at radius 1 is 0.230 bits per heavy atom. The zero-order chi connectivity index (χ0) is 61.9. The Kier molecular flexibility index (Phi) is 29.6. The van der Waals surface area contributed by atoms with E-state index in [-0.39, 0.29) is 20.9 Å². The Morgan fingerprint density at radius 3 is 0.586 bits per heavy atom. The molecule has 1 saturated heterocycles. The van der Waals surface area contributed by atoms with Crippen LogP contribution < -0.4 is 30.6 Å². The van der Waals surface area contributed by atoms with Crippen LogP contribution in [0.2, 0.25) is 0 Å². The first-order valence-corrected chi connectivity index (χ1v) is 36.2. The van der Waals surface area contributed by atoms with Crippen LogP contribution in [-0.2, 0) is 19.3 Å². The summed E-state index contributed by atoms with van der Waals surface area (Å²) < 4.78 is 8.64. The number of aryl methyl sites for hydroxylation is 12. The highest BCUT2D eigenvalue weighted by Crippen LogP contribution is 2.37. The van der Waals surface area contributed by atoms with Crippen LogP contribution in [0, 0.1) is 62.3 Å². The van der Waals surface area contributed by atoms with Gasteiger partial charge in [-0.2, -0.15) is 0 Å². The summed E-state index contributed by atoms with van der Waals surface area (Å²) in [7, 11) is 0. The summed E-state index contributed by atoms with van der Waals surface area (Å²) in [4.78, 5) is 0. The van der Waals surface area contributed by atoms with Gasteiger partial charge in [0.25, 0.3) is 0 Å². The zero-order valence-corrected chi connectivity index (χ0v) is 57.8. The van der Waals surface area contributed by atoms with E-state index in [9.17, 15) is 0 Å². The molecule has 0 saturated carbocycles. The maximum Gasteiger partial charge on any atom is 0.389 e. The third-order valence-electron chi connectivity index (χ3n) is 19.7. The standard InChI is InChI=1S/C81H120B3N3/c1-13-16-19-22-25-28-31-34-37-40-43-73-46-52-76(53-47-73)85-82(79-67(7)58-64(4)59-68(79)8)86(77-54-48-74(49-55-77)44-41-38-35-32-29-26-23-20-17-14-2)84(81-71(11)62-66(6)63-72(81)12)87(83(85)80-69(9)60-65(5)61-70(80)10)78-56-50-75(51-57-78)45-42-39-36-33-30-27-24-21-18-15-3/h46-63H,13-45H2,1-12H3. The van der Waals surface area contributed by atoms with Gasteiger partial charge in [-0.1, -0.05) is 317 Å². The van der Waals surface area contributed by atoms with Crippen LogP contribution in [0.1, 0.15) is 280 Å². The Hall–Kier alpha value is -5.09. The van der Waals surface area contributed by atoms with Gasteiger partial charge >= 0.3 is 20.9 Å². The van der Waals surface area contributed by atoms with E-state index < -0.39 is 0 Å². The third kappa shape index (κ3) is 20.5. The lowest BCUT2D eigenvalue weighted by molar-refractivity contribution is 0.556. The lowest BCUT2D eigenvalue weighted by Crippen LogP contribution is -2.87. The first-order chi connectivity index (χ1) is 42.3. The van der Waals surface area contributed by atoms with Crippen molar-refractivity contribution in [3.63, 3.8) is 0 Å². The molecule has 0 aliphatic carbocycles. The number of unbranched alkanes of at least 4 members (excludes halogenated alkanes) is 27. The van der Waals surface area contributed by atoms with Gasteiger partial charge in [0.05, 0.1) is 0 Å². The Labute approximate surface area is 536 Å². The van der Waals surface area contributed by atoms with Crippen molar-refractivity contribution in [1.82, 2.24) is 0 Å². The fraction of sp³-hybridized carbons (Fsp3) is 0.556. The van der Waals surface area contributed by atoms with Crippen molar-refractivity contribution in [2.75, 3.05) is 14.2 Å². The van der Waals surface area contributed by atoms with Crippen molar-refractivity contribution >= 4 is 54.4 Å². The molecule has 7 rings (SSSR count). The van der Waals surface area contributed by atoms with Crippen molar-refractivity contribution in [2.24, 2.45) is 0 Å². The highest BCUT2D eigenvalue weighted by atomic mass is 15.3. The van der Waals surface area contributed by atoms with E-state index in [2.05, 4.69) is 206 Å². The molecule has 3 nitrogen and oxygen atoms in total. The van der Waals surface area contributed by atoms with Crippen molar-refractivity contribution in [2.45, 2.75) is 295 Å². The van der Waals surface area contributed by atoms with Crippen LogP contribution in [-0.4, -0.2) is 20.9 Å². The number of anilines is 3. The summed E-state index contributed by atoms with van der Waals surface area (Å²) >= 11 is 0. The van der Waals surface area contributed by atoms with Gasteiger partial charge in [-0.3, -0.25) is 0 Å². The Bertz CT molecular complexity index is 2530. The fourth-order valence-electron chi connectivity index (χ4n) is 15.2. The summed E-state index contributed by atoms with van der Waals surface area (Å²) in [5.41, 5.74) is 24.4. The molecule has 87 heavy (non-hydrogen) atoms. The van der Waals surface area contributed by atoms with Gasteiger partial charge in [0.15, 0.2) is 0 Å². The monoisotopic (exact) mass is 1170 g/mol. The maximum atomic E-state index is 2.88. The molecule has 6 aromatic rings. The van der Waals surface area contributed by atoms with E-state index >= 15 is 0 Å². The molecule has 6 heteroatoms. The molecule has 0 unspecified atom stereocenters. The summed E-state index contributed by atoms with van der Waals surface area (Å²) in [5, 5.41) is 0. The van der Waals surface area contributed by atoms with Crippen LogP contribution in [0.3, 0.4) is 0 Å². The van der Waals surface area contributed by atoms with Crippen molar-refractivity contribution in [3.05, 3.63) is 176 Å². The molecule has 1 fully saturated rings. The van der Waals surface area contributed by atoms with Crippen molar-refractivity contribution in [3.8, 4) is 0 Å². The van der Waals surface area contributed by atoms with Crippen molar-refractivity contribution < 1.29 is 0 Å². The third-order valence-corrected chi connectivity index (χ3v) is 19.7. The minimum atomic E-state index is -0.173. The van der Waals surface area contributed by atoms with Gasteiger partial charge in [-0.15, -0.1) is 0 Å². The van der Waals surface area contributed by atoms with E-state index in [1.807, 2.05) is 0 Å². The summed E-state index contributed by atoms with van der Waals surface area (Å²) in [5.74, 6) is 0. The van der Waals surface area contributed by atoms with Crippen LogP contribution >= 0.6 is 0 Å². The van der Waals surface area contributed by atoms with Crippen LogP contribution in [0.15, 0.2) is 109 Å². The van der Waals surface area contributed by atoms with E-state index in [0.717, 1.165) is 19.3 Å². The quantitative estimate of drug-likeness (QED) is 0.0281. The average molecular weight is 1170 g/mol. The molecule has 1 aliphatic heterocycles. The van der Waals surface area contributed by atoms with Gasteiger partial charge < -0.3 is 14.2 Å². The molecule has 0 amide bonds. The second-order valence-electron chi connectivity index (χ2n) is 27.6. The van der Waals surface area contributed by atoms with Gasteiger partial charge in [0.2, 0.25) is 0 Å². The van der Waals surface area contributed by atoms with Gasteiger partial charge in [0, 0.05) is 17.1 Å². The average Bonchev–Trinajstić information content (AvgIpc) is 3.33. The second kappa shape index (κ2) is 37.2. The molecule has 1 aliphatic rings. The lowest BCUT2D eigenvalue weighted by atomic mass is 9.35. The molecule has 468 valence electrons. The van der Waals surface area contributed by atoms with Gasteiger partial charge in [-0.05, 0) is 170 Å². The van der Waals surface area contributed by atoms with E-state index in [0.29, 0.717) is 0 Å². The smallest absolute Gasteiger partial charge is 0.389 e. The fourth-order valence-corrected chi connectivity index (χ4v) is 15.2. The van der Waals surface area contributed by atoms with Crippen LogP contribution in [0.25, 0.3) is 0 Å². The highest BCUT2D eigenvalue weighted by molar-refractivity contribution is 7.15. The summed E-state index contributed by atoms with van der Waals surface area (Å²) in [6, 6.07) is 44.7. The molecule has 0 bridgehead atoms. The molecular formula is C81H120B3N3.